The first-order valence-electron chi connectivity index (χ1n) is 12.2. The number of hydrogen-bond donors (Lipinski definition) is 1. The number of nitrogens with zero attached hydrogens (tertiary/aromatic N) is 3. The predicted octanol–water partition coefficient (Wildman–Crippen LogP) is 2.98. The molecule has 0 aromatic carbocycles. The van der Waals surface area contributed by atoms with E-state index in [1.165, 1.54) is 19.3 Å². The maximum atomic E-state index is 6.17. The molecule has 1 N–H and O–H groups in total. The maximum absolute atomic E-state index is 6.17. The van der Waals surface area contributed by atoms with Gasteiger partial charge in [-0.05, 0) is 44.4 Å². The Bertz CT molecular complexity index is 503. The molecule has 0 aliphatic carbocycles. The molecule has 182 valence electrons. The highest BCUT2D eigenvalue weighted by Gasteiger charge is 2.26. The van der Waals surface area contributed by atoms with Crippen molar-refractivity contribution in [3.8, 4) is 0 Å². The Morgan fingerprint density at radius 2 is 1.81 bits per heavy atom. The molecule has 31 heavy (non-hydrogen) atoms. The van der Waals surface area contributed by atoms with Gasteiger partial charge in [0.1, 0.15) is 0 Å². The number of likely N-dealkylation sites (tertiary alicyclic amines) is 1. The normalized spacial score (nSPS) is 25.4. The van der Waals surface area contributed by atoms with Gasteiger partial charge in [-0.3, -0.25) is 9.89 Å². The van der Waals surface area contributed by atoms with Gasteiger partial charge in [0.25, 0.3) is 0 Å². The van der Waals surface area contributed by atoms with Crippen molar-refractivity contribution in [2.24, 2.45) is 10.9 Å². The van der Waals surface area contributed by atoms with Crippen LogP contribution >= 0.6 is 24.0 Å². The van der Waals surface area contributed by atoms with Gasteiger partial charge < -0.3 is 24.4 Å². The van der Waals surface area contributed by atoms with Gasteiger partial charge >= 0.3 is 0 Å². The zero-order chi connectivity index (χ0) is 21.2. The molecule has 3 heterocycles. The standard InChI is InChI=1S/C23H44N4O3.HI/c1-19(2)16-20(26-11-14-28-15-12-26)17-25-23(24-3)27-9-7-21(8-10-27)30-18-22-6-4-5-13-29-22;/h19-22H,4-18H2,1-3H3,(H,24,25);1H. The van der Waals surface area contributed by atoms with E-state index in [0.29, 0.717) is 24.2 Å². The molecule has 3 aliphatic heterocycles. The van der Waals surface area contributed by atoms with Gasteiger partial charge in [-0.2, -0.15) is 0 Å². The van der Waals surface area contributed by atoms with E-state index in [9.17, 15) is 0 Å². The first kappa shape index (κ1) is 27.1. The number of aliphatic imine (C=N–C) groups is 1. The number of morpholine rings is 1. The Labute approximate surface area is 206 Å². The summed E-state index contributed by atoms with van der Waals surface area (Å²) in [6.07, 6.45) is 7.61. The van der Waals surface area contributed by atoms with Gasteiger partial charge in [-0.25, -0.2) is 0 Å². The number of rotatable bonds is 8. The van der Waals surface area contributed by atoms with Gasteiger partial charge in [0, 0.05) is 52.4 Å². The molecule has 7 nitrogen and oxygen atoms in total. The number of nitrogens with one attached hydrogen (secondary N) is 1. The van der Waals surface area contributed by atoms with Crippen LogP contribution in [0, 0.1) is 5.92 Å². The van der Waals surface area contributed by atoms with Crippen LogP contribution in [0.4, 0.5) is 0 Å². The molecule has 0 saturated carbocycles. The predicted molar refractivity (Wildman–Crippen MR) is 137 cm³/mol. The third-order valence-corrected chi connectivity index (χ3v) is 6.55. The summed E-state index contributed by atoms with van der Waals surface area (Å²) in [6.45, 7) is 13.0. The molecule has 3 aliphatic rings. The van der Waals surface area contributed by atoms with Crippen molar-refractivity contribution in [2.75, 3.05) is 66.2 Å². The Morgan fingerprint density at radius 1 is 1.06 bits per heavy atom. The number of guanidine groups is 1. The van der Waals surface area contributed by atoms with Crippen molar-refractivity contribution >= 4 is 29.9 Å². The highest BCUT2D eigenvalue weighted by atomic mass is 127. The smallest absolute Gasteiger partial charge is 0.193 e. The summed E-state index contributed by atoms with van der Waals surface area (Å²) >= 11 is 0. The van der Waals surface area contributed by atoms with Gasteiger partial charge in [-0.1, -0.05) is 13.8 Å². The minimum Gasteiger partial charge on any atom is -0.379 e. The lowest BCUT2D eigenvalue weighted by atomic mass is 10.0. The molecule has 2 unspecified atom stereocenters. The molecule has 2 atom stereocenters. The van der Waals surface area contributed by atoms with E-state index >= 15 is 0 Å². The van der Waals surface area contributed by atoms with Crippen LogP contribution in [-0.4, -0.2) is 100 Å². The highest BCUT2D eigenvalue weighted by Crippen LogP contribution is 2.18. The number of piperidine rings is 1. The van der Waals surface area contributed by atoms with Crippen LogP contribution in [0.25, 0.3) is 0 Å². The Morgan fingerprint density at radius 3 is 2.42 bits per heavy atom. The van der Waals surface area contributed by atoms with E-state index < -0.39 is 0 Å². The minimum absolute atomic E-state index is 0. The minimum atomic E-state index is 0. The van der Waals surface area contributed by atoms with Crippen molar-refractivity contribution in [3.05, 3.63) is 0 Å². The summed E-state index contributed by atoms with van der Waals surface area (Å²) in [4.78, 5) is 9.55. The van der Waals surface area contributed by atoms with E-state index in [1.807, 2.05) is 7.05 Å². The fourth-order valence-electron chi connectivity index (χ4n) is 4.81. The molecule has 3 fully saturated rings. The van der Waals surface area contributed by atoms with E-state index in [1.54, 1.807) is 0 Å². The summed E-state index contributed by atoms with van der Waals surface area (Å²) in [5, 5.41) is 3.67. The highest BCUT2D eigenvalue weighted by molar-refractivity contribution is 14.0. The lowest BCUT2D eigenvalue weighted by molar-refractivity contribution is -0.0721. The summed E-state index contributed by atoms with van der Waals surface area (Å²) in [7, 11) is 1.90. The lowest BCUT2D eigenvalue weighted by Crippen LogP contribution is -2.53. The second-order valence-electron chi connectivity index (χ2n) is 9.37. The molecule has 0 radical (unpaired) electrons. The molecule has 0 aromatic heterocycles. The number of halogens is 1. The quantitative estimate of drug-likeness (QED) is 0.284. The van der Waals surface area contributed by atoms with Crippen molar-refractivity contribution < 1.29 is 14.2 Å². The zero-order valence-corrected chi connectivity index (χ0v) is 22.2. The molecule has 0 amide bonds. The number of ether oxygens (including phenoxy) is 3. The summed E-state index contributed by atoms with van der Waals surface area (Å²) in [5.41, 5.74) is 0. The van der Waals surface area contributed by atoms with Crippen LogP contribution in [0.1, 0.15) is 52.4 Å². The largest absolute Gasteiger partial charge is 0.379 e. The van der Waals surface area contributed by atoms with Crippen LogP contribution in [0.2, 0.25) is 0 Å². The van der Waals surface area contributed by atoms with Crippen LogP contribution in [0.5, 0.6) is 0 Å². The fraction of sp³-hybridized carbons (Fsp3) is 0.957. The second kappa shape index (κ2) is 14.9. The van der Waals surface area contributed by atoms with Crippen molar-refractivity contribution in [3.63, 3.8) is 0 Å². The molecule has 8 heteroatoms. The van der Waals surface area contributed by atoms with Crippen LogP contribution in [0.3, 0.4) is 0 Å². The monoisotopic (exact) mass is 552 g/mol. The van der Waals surface area contributed by atoms with Gasteiger partial charge in [-0.15, -0.1) is 24.0 Å². The first-order chi connectivity index (χ1) is 14.7. The Hall–Kier alpha value is -0.160. The van der Waals surface area contributed by atoms with Crippen molar-refractivity contribution in [1.29, 1.82) is 0 Å². The molecular weight excluding hydrogens is 507 g/mol. The van der Waals surface area contributed by atoms with Crippen molar-refractivity contribution in [1.82, 2.24) is 15.1 Å². The third-order valence-electron chi connectivity index (χ3n) is 6.55. The van der Waals surface area contributed by atoms with Crippen LogP contribution < -0.4 is 5.32 Å². The van der Waals surface area contributed by atoms with E-state index in [-0.39, 0.29) is 24.0 Å². The summed E-state index contributed by atoms with van der Waals surface area (Å²) < 4.78 is 17.5. The molecule has 3 saturated heterocycles. The second-order valence-corrected chi connectivity index (χ2v) is 9.37. The Kier molecular flexibility index (Phi) is 13.0. The van der Waals surface area contributed by atoms with Gasteiger partial charge in [0.05, 0.1) is 32.0 Å². The van der Waals surface area contributed by atoms with Gasteiger partial charge in [0.15, 0.2) is 5.96 Å². The average Bonchev–Trinajstić information content (AvgIpc) is 2.79. The molecular formula is C23H45IN4O3. The molecule has 3 rings (SSSR count). The van der Waals surface area contributed by atoms with Gasteiger partial charge in [0.2, 0.25) is 0 Å². The topological polar surface area (TPSA) is 58.6 Å². The summed E-state index contributed by atoms with van der Waals surface area (Å²) in [5.74, 6) is 1.72. The fourth-order valence-corrected chi connectivity index (χ4v) is 4.81. The molecule has 0 spiro atoms. The van der Waals surface area contributed by atoms with E-state index in [4.69, 9.17) is 14.2 Å². The average molecular weight is 553 g/mol. The summed E-state index contributed by atoms with van der Waals surface area (Å²) in [6, 6.07) is 0.530. The maximum Gasteiger partial charge on any atom is 0.193 e. The zero-order valence-electron chi connectivity index (χ0n) is 19.9. The molecule has 0 aromatic rings. The van der Waals surface area contributed by atoms with Crippen LogP contribution in [-0.2, 0) is 14.2 Å². The third kappa shape index (κ3) is 9.31. The van der Waals surface area contributed by atoms with Crippen LogP contribution in [0.15, 0.2) is 4.99 Å². The number of hydrogen-bond acceptors (Lipinski definition) is 5. The SMILES string of the molecule is CN=C(NCC(CC(C)C)N1CCOCC1)N1CCC(OCC2CCCCO2)CC1.I. The Balaban J connectivity index is 0.00000341. The van der Waals surface area contributed by atoms with E-state index in [2.05, 4.69) is 34.0 Å². The lowest BCUT2D eigenvalue weighted by Gasteiger charge is -2.38. The van der Waals surface area contributed by atoms with E-state index in [0.717, 1.165) is 84.4 Å². The van der Waals surface area contributed by atoms with Crippen molar-refractivity contribution in [2.45, 2.75) is 70.6 Å². The molecule has 0 bridgehead atoms. The first-order valence-corrected chi connectivity index (χ1v) is 12.2.